The Kier molecular flexibility index (Phi) is 6.15. The van der Waals surface area contributed by atoms with Gasteiger partial charge in [0.1, 0.15) is 0 Å². The van der Waals surface area contributed by atoms with Crippen LogP contribution in [0.1, 0.15) is 39.0 Å². The Morgan fingerprint density at radius 2 is 2.29 bits per heavy atom. The highest BCUT2D eigenvalue weighted by Gasteiger charge is 2.17. The molecule has 2 N–H and O–H groups in total. The molecule has 84 valence electrons. The first-order valence-electron chi connectivity index (χ1n) is 5.82. The molecule has 3 heteroatoms. The van der Waals surface area contributed by atoms with Crippen molar-refractivity contribution in [2.45, 2.75) is 51.2 Å². The van der Waals surface area contributed by atoms with Crippen molar-refractivity contribution in [2.75, 3.05) is 19.8 Å². The SMILES string of the molecule is CCCNC(CO)CCOC1CCC1. The van der Waals surface area contributed by atoms with Crippen molar-refractivity contribution in [1.29, 1.82) is 0 Å². The molecule has 1 atom stereocenters. The van der Waals surface area contributed by atoms with Gasteiger partial charge >= 0.3 is 0 Å². The number of aliphatic hydroxyl groups is 1. The smallest absolute Gasteiger partial charge is 0.0585 e. The van der Waals surface area contributed by atoms with Crippen LogP contribution < -0.4 is 5.32 Å². The third-order valence-electron chi connectivity index (χ3n) is 2.78. The summed E-state index contributed by atoms with van der Waals surface area (Å²) in [6.45, 7) is 4.11. The molecule has 1 aliphatic carbocycles. The van der Waals surface area contributed by atoms with Crippen molar-refractivity contribution in [3.05, 3.63) is 0 Å². The maximum atomic E-state index is 9.07. The summed E-state index contributed by atoms with van der Waals surface area (Å²) in [5.41, 5.74) is 0. The Hall–Kier alpha value is -0.120. The van der Waals surface area contributed by atoms with Crippen molar-refractivity contribution in [2.24, 2.45) is 0 Å². The number of aliphatic hydroxyl groups excluding tert-OH is 1. The first kappa shape index (κ1) is 12.0. The summed E-state index contributed by atoms with van der Waals surface area (Å²) in [6.07, 6.45) is 6.33. The molecule has 0 heterocycles. The fourth-order valence-corrected chi connectivity index (χ4v) is 1.52. The Bertz CT molecular complexity index is 137. The van der Waals surface area contributed by atoms with E-state index in [9.17, 15) is 0 Å². The standard InChI is InChI=1S/C11H23NO2/c1-2-7-12-10(9-13)6-8-14-11-4-3-5-11/h10-13H,2-9H2,1H3. The lowest BCUT2D eigenvalue weighted by Gasteiger charge is -2.26. The highest BCUT2D eigenvalue weighted by atomic mass is 16.5. The first-order valence-corrected chi connectivity index (χ1v) is 5.82. The van der Waals surface area contributed by atoms with Gasteiger partial charge in [0, 0.05) is 12.6 Å². The van der Waals surface area contributed by atoms with Crippen LogP contribution in [0.4, 0.5) is 0 Å². The summed E-state index contributed by atoms with van der Waals surface area (Å²) < 4.78 is 5.64. The third kappa shape index (κ3) is 4.40. The lowest BCUT2D eigenvalue weighted by Crippen LogP contribution is -2.35. The molecule has 14 heavy (non-hydrogen) atoms. The van der Waals surface area contributed by atoms with E-state index in [1.165, 1.54) is 19.3 Å². The molecule has 1 fully saturated rings. The molecule has 1 rings (SSSR count). The van der Waals surface area contributed by atoms with Gasteiger partial charge in [-0.15, -0.1) is 0 Å². The van der Waals surface area contributed by atoms with Gasteiger partial charge in [-0.3, -0.25) is 0 Å². The van der Waals surface area contributed by atoms with E-state index in [2.05, 4.69) is 12.2 Å². The van der Waals surface area contributed by atoms with Crippen LogP contribution in [-0.2, 0) is 4.74 Å². The predicted octanol–water partition coefficient (Wildman–Crippen LogP) is 1.31. The van der Waals surface area contributed by atoms with Gasteiger partial charge in [0.05, 0.1) is 12.7 Å². The van der Waals surface area contributed by atoms with Gasteiger partial charge < -0.3 is 15.2 Å². The number of ether oxygens (including phenoxy) is 1. The van der Waals surface area contributed by atoms with E-state index >= 15 is 0 Å². The zero-order chi connectivity index (χ0) is 10.2. The van der Waals surface area contributed by atoms with E-state index in [1.807, 2.05) is 0 Å². The normalized spacial score (nSPS) is 19.3. The van der Waals surface area contributed by atoms with Crippen molar-refractivity contribution in [1.82, 2.24) is 5.32 Å². The molecule has 0 saturated heterocycles. The summed E-state index contributed by atoms with van der Waals surface area (Å²) in [4.78, 5) is 0. The lowest BCUT2D eigenvalue weighted by atomic mass is 9.96. The second kappa shape index (κ2) is 7.21. The van der Waals surface area contributed by atoms with Gasteiger partial charge in [-0.2, -0.15) is 0 Å². The van der Waals surface area contributed by atoms with Crippen LogP contribution in [0.2, 0.25) is 0 Å². The van der Waals surface area contributed by atoms with Crippen molar-refractivity contribution in [3.8, 4) is 0 Å². The molecule has 0 radical (unpaired) electrons. The third-order valence-corrected chi connectivity index (χ3v) is 2.78. The zero-order valence-electron chi connectivity index (χ0n) is 9.17. The van der Waals surface area contributed by atoms with Gasteiger partial charge in [0.15, 0.2) is 0 Å². The minimum absolute atomic E-state index is 0.216. The molecule has 0 aromatic rings. The summed E-state index contributed by atoms with van der Waals surface area (Å²) in [6, 6.07) is 0.218. The molecular weight excluding hydrogens is 178 g/mol. The zero-order valence-corrected chi connectivity index (χ0v) is 9.17. The van der Waals surface area contributed by atoms with E-state index in [4.69, 9.17) is 9.84 Å². The van der Waals surface area contributed by atoms with E-state index < -0.39 is 0 Å². The van der Waals surface area contributed by atoms with Gasteiger partial charge in [0.2, 0.25) is 0 Å². The van der Waals surface area contributed by atoms with Crippen LogP contribution in [0.25, 0.3) is 0 Å². The molecule has 3 nitrogen and oxygen atoms in total. The van der Waals surface area contributed by atoms with E-state index in [-0.39, 0.29) is 12.6 Å². The number of rotatable bonds is 8. The average molecular weight is 201 g/mol. The molecule has 1 unspecified atom stereocenters. The fraction of sp³-hybridized carbons (Fsp3) is 1.00. The van der Waals surface area contributed by atoms with Crippen LogP contribution in [-0.4, -0.2) is 37.0 Å². The number of hydrogen-bond acceptors (Lipinski definition) is 3. The van der Waals surface area contributed by atoms with Crippen molar-refractivity contribution >= 4 is 0 Å². The second-order valence-corrected chi connectivity index (χ2v) is 4.05. The van der Waals surface area contributed by atoms with E-state index in [0.29, 0.717) is 6.10 Å². The lowest BCUT2D eigenvalue weighted by molar-refractivity contribution is -0.00366. The highest BCUT2D eigenvalue weighted by Crippen LogP contribution is 2.21. The summed E-state index contributed by atoms with van der Waals surface area (Å²) in [5.74, 6) is 0. The topological polar surface area (TPSA) is 41.5 Å². The molecule has 1 saturated carbocycles. The molecule has 0 aromatic carbocycles. The Labute approximate surface area is 86.8 Å². The maximum absolute atomic E-state index is 9.07. The second-order valence-electron chi connectivity index (χ2n) is 4.05. The minimum Gasteiger partial charge on any atom is -0.395 e. The quantitative estimate of drug-likeness (QED) is 0.622. The van der Waals surface area contributed by atoms with Gasteiger partial charge in [-0.1, -0.05) is 6.92 Å². The van der Waals surface area contributed by atoms with Crippen LogP contribution in [0, 0.1) is 0 Å². The monoisotopic (exact) mass is 201 g/mol. The van der Waals surface area contributed by atoms with Crippen molar-refractivity contribution in [3.63, 3.8) is 0 Å². The first-order chi connectivity index (χ1) is 6.86. The van der Waals surface area contributed by atoms with Crippen molar-refractivity contribution < 1.29 is 9.84 Å². The predicted molar refractivity (Wildman–Crippen MR) is 57.4 cm³/mol. The Balaban J connectivity index is 1.95. The summed E-state index contributed by atoms with van der Waals surface area (Å²) in [5, 5.41) is 12.4. The van der Waals surface area contributed by atoms with E-state index in [0.717, 1.165) is 26.0 Å². The minimum atomic E-state index is 0.216. The van der Waals surface area contributed by atoms with Crippen LogP contribution in [0.5, 0.6) is 0 Å². The largest absolute Gasteiger partial charge is 0.395 e. The number of hydrogen-bond donors (Lipinski definition) is 2. The Morgan fingerprint density at radius 1 is 1.50 bits per heavy atom. The maximum Gasteiger partial charge on any atom is 0.0585 e. The Morgan fingerprint density at radius 3 is 2.79 bits per heavy atom. The number of nitrogens with one attached hydrogen (secondary N) is 1. The highest BCUT2D eigenvalue weighted by molar-refractivity contribution is 4.70. The van der Waals surface area contributed by atoms with Gasteiger partial charge in [-0.05, 0) is 38.6 Å². The molecule has 0 bridgehead atoms. The molecular formula is C11H23NO2. The molecule has 0 aliphatic heterocycles. The summed E-state index contributed by atoms with van der Waals surface area (Å²) >= 11 is 0. The van der Waals surface area contributed by atoms with Crippen LogP contribution in [0.3, 0.4) is 0 Å². The molecule has 1 aliphatic rings. The van der Waals surface area contributed by atoms with E-state index in [1.54, 1.807) is 0 Å². The molecule has 0 spiro atoms. The summed E-state index contributed by atoms with van der Waals surface area (Å²) in [7, 11) is 0. The molecule has 0 amide bonds. The fourth-order valence-electron chi connectivity index (χ4n) is 1.52. The molecule has 0 aromatic heterocycles. The van der Waals surface area contributed by atoms with Crippen LogP contribution >= 0.6 is 0 Å². The van der Waals surface area contributed by atoms with Gasteiger partial charge in [-0.25, -0.2) is 0 Å². The average Bonchev–Trinajstić information content (AvgIpc) is 2.14. The van der Waals surface area contributed by atoms with Crippen LogP contribution in [0.15, 0.2) is 0 Å². The van der Waals surface area contributed by atoms with Gasteiger partial charge in [0.25, 0.3) is 0 Å².